The van der Waals surface area contributed by atoms with Crippen LogP contribution in [0.3, 0.4) is 0 Å². The van der Waals surface area contributed by atoms with E-state index in [-0.39, 0.29) is 0 Å². The number of aliphatic carboxylic acids is 1. The molecular weight excluding hydrogens is 292 g/mol. The van der Waals surface area contributed by atoms with E-state index in [9.17, 15) is 9.90 Å². The van der Waals surface area contributed by atoms with Crippen LogP contribution < -0.4 is 0 Å². The topological polar surface area (TPSA) is 80.9 Å². The highest BCUT2D eigenvalue weighted by Gasteiger charge is 2.39. The lowest BCUT2D eigenvalue weighted by Crippen LogP contribution is -2.34. The summed E-state index contributed by atoms with van der Waals surface area (Å²) in [7, 11) is 0. The van der Waals surface area contributed by atoms with Gasteiger partial charge in [0.05, 0.1) is 11.1 Å². The van der Waals surface area contributed by atoms with Crippen molar-refractivity contribution in [1.82, 2.24) is 20.0 Å². The third-order valence-corrected chi connectivity index (χ3v) is 4.38. The Bertz CT molecular complexity index is 696. The van der Waals surface area contributed by atoms with Gasteiger partial charge in [-0.3, -0.25) is 14.5 Å². The minimum atomic E-state index is -0.744. The molecule has 3 rings (SSSR count). The van der Waals surface area contributed by atoms with Crippen molar-refractivity contribution in [2.75, 3.05) is 0 Å². The normalized spacial score (nSPS) is 20.5. The number of aryl methyl sites for hydroxylation is 2. The maximum atomic E-state index is 11.7. The van der Waals surface area contributed by atoms with E-state index in [1.807, 2.05) is 36.7 Å². The van der Waals surface area contributed by atoms with Crippen molar-refractivity contribution in [2.45, 2.75) is 38.6 Å². The summed E-state index contributed by atoms with van der Waals surface area (Å²) in [5, 5.41) is 17.9. The van der Waals surface area contributed by atoms with E-state index in [0.29, 0.717) is 25.8 Å². The van der Waals surface area contributed by atoms with Crippen molar-refractivity contribution in [1.29, 1.82) is 0 Å². The Labute approximate surface area is 134 Å². The van der Waals surface area contributed by atoms with Crippen LogP contribution in [0.25, 0.3) is 0 Å². The molecular formula is C17H20N4O2. The number of carboxylic acid groups (broad SMARTS) is 1. The molecule has 2 aromatic rings. The summed E-state index contributed by atoms with van der Waals surface area (Å²) >= 11 is 0. The largest absolute Gasteiger partial charge is 0.481 e. The molecule has 0 aliphatic heterocycles. The predicted molar refractivity (Wildman–Crippen MR) is 84.7 cm³/mol. The summed E-state index contributed by atoms with van der Waals surface area (Å²) in [6, 6.07) is 3.94. The fourth-order valence-corrected chi connectivity index (χ4v) is 2.98. The van der Waals surface area contributed by atoms with E-state index in [1.165, 1.54) is 0 Å². The van der Waals surface area contributed by atoms with Gasteiger partial charge in [0.1, 0.15) is 0 Å². The molecule has 1 atom stereocenters. The fourth-order valence-electron chi connectivity index (χ4n) is 2.98. The van der Waals surface area contributed by atoms with Gasteiger partial charge in [-0.2, -0.15) is 0 Å². The second-order valence-electron chi connectivity index (χ2n) is 6.06. The first-order chi connectivity index (χ1) is 11.2. The Morgan fingerprint density at radius 2 is 2.30 bits per heavy atom. The van der Waals surface area contributed by atoms with Crippen molar-refractivity contribution in [3.8, 4) is 0 Å². The first-order valence-corrected chi connectivity index (χ1v) is 7.84. The van der Waals surface area contributed by atoms with Crippen LogP contribution in [0, 0.1) is 5.41 Å². The summed E-state index contributed by atoms with van der Waals surface area (Å²) in [6.45, 7) is 0.707. The zero-order chi connectivity index (χ0) is 16.1. The molecule has 1 aliphatic rings. The van der Waals surface area contributed by atoms with Crippen LogP contribution in [0.2, 0.25) is 0 Å². The van der Waals surface area contributed by atoms with E-state index < -0.39 is 11.4 Å². The molecule has 0 fully saturated rings. The first-order valence-electron chi connectivity index (χ1n) is 7.84. The average molecular weight is 312 g/mol. The Kier molecular flexibility index (Phi) is 4.50. The molecule has 0 amide bonds. The summed E-state index contributed by atoms with van der Waals surface area (Å²) < 4.78 is 1.77. The Hall–Kier alpha value is -2.50. The molecule has 0 saturated carbocycles. The predicted octanol–water partition coefficient (Wildman–Crippen LogP) is 2.27. The van der Waals surface area contributed by atoms with Crippen LogP contribution in [-0.2, 0) is 24.2 Å². The zero-order valence-corrected chi connectivity index (χ0v) is 12.9. The van der Waals surface area contributed by atoms with Gasteiger partial charge < -0.3 is 5.11 Å². The van der Waals surface area contributed by atoms with E-state index in [1.54, 1.807) is 10.9 Å². The average Bonchev–Trinajstić information content (AvgIpc) is 3.02. The molecule has 120 valence electrons. The Balaban J connectivity index is 1.64. The highest BCUT2D eigenvalue weighted by Crippen LogP contribution is 2.36. The third kappa shape index (κ3) is 3.64. The lowest BCUT2D eigenvalue weighted by atomic mass is 9.74. The number of aromatic nitrogens is 4. The molecule has 23 heavy (non-hydrogen) atoms. The number of hydrogen-bond acceptors (Lipinski definition) is 4. The van der Waals surface area contributed by atoms with Gasteiger partial charge in [0.15, 0.2) is 0 Å². The monoisotopic (exact) mass is 312 g/mol. The molecule has 6 nitrogen and oxygen atoms in total. The maximum absolute atomic E-state index is 11.7. The van der Waals surface area contributed by atoms with Gasteiger partial charge in [0, 0.05) is 31.6 Å². The summed E-state index contributed by atoms with van der Waals surface area (Å²) in [5.74, 6) is -0.744. The minimum absolute atomic E-state index is 0.430. The number of rotatable bonds is 6. The molecule has 0 radical (unpaired) electrons. The summed E-state index contributed by atoms with van der Waals surface area (Å²) in [6.07, 6.45) is 12.7. The van der Waals surface area contributed by atoms with Gasteiger partial charge in [-0.25, -0.2) is 0 Å². The van der Waals surface area contributed by atoms with Crippen LogP contribution in [0.4, 0.5) is 0 Å². The molecule has 1 unspecified atom stereocenters. The van der Waals surface area contributed by atoms with Gasteiger partial charge in [-0.05, 0) is 37.3 Å². The van der Waals surface area contributed by atoms with Crippen LogP contribution >= 0.6 is 0 Å². The Morgan fingerprint density at radius 1 is 1.39 bits per heavy atom. The van der Waals surface area contributed by atoms with E-state index in [4.69, 9.17) is 0 Å². The van der Waals surface area contributed by atoms with Crippen LogP contribution in [0.15, 0.2) is 42.9 Å². The third-order valence-electron chi connectivity index (χ3n) is 4.38. The standard InChI is InChI=1S/C17H20N4O2/c22-16(23)17(7-2-1-3-8-17)11-15-13-21(20-19-15)10-6-14-5-4-9-18-12-14/h1-2,4-5,9,12-13H,3,6-8,10-11H2,(H,22,23). The van der Waals surface area contributed by atoms with E-state index in [2.05, 4.69) is 15.3 Å². The molecule has 2 heterocycles. The molecule has 0 aromatic carbocycles. The second-order valence-corrected chi connectivity index (χ2v) is 6.06. The number of pyridine rings is 1. The number of allylic oxidation sites excluding steroid dienone is 2. The summed E-state index contributed by atoms with van der Waals surface area (Å²) in [5.41, 5.74) is 1.15. The van der Waals surface area contributed by atoms with Crippen LogP contribution in [0.1, 0.15) is 30.5 Å². The first kappa shape index (κ1) is 15.4. The Morgan fingerprint density at radius 3 is 3.00 bits per heavy atom. The van der Waals surface area contributed by atoms with Gasteiger partial charge in [0.25, 0.3) is 0 Å². The highest BCUT2D eigenvalue weighted by molar-refractivity contribution is 5.75. The quantitative estimate of drug-likeness (QED) is 0.828. The molecule has 0 saturated heterocycles. The van der Waals surface area contributed by atoms with Gasteiger partial charge in [-0.1, -0.05) is 23.4 Å². The van der Waals surface area contributed by atoms with Crippen molar-refractivity contribution in [3.05, 3.63) is 54.1 Å². The minimum Gasteiger partial charge on any atom is -0.481 e. The second kappa shape index (κ2) is 6.73. The maximum Gasteiger partial charge on any atom is 0.310 e. The number of nitrogens with zero attached hydrogens (tertiary/aromatic N) is 4. The van der Waals surface area contributed by atoms with Crippen LogP contribution in [0.5, 0.6) is 0 Å². The summed E-state index contributed by atoms with van der Waals surface area (Å²) in [4.78, 5) is 15.8. The zero-order valence-electron chi connectivity index (χ0n) is 12.9. The SMILES string of the molecule is O=C(O)C1(Cc2cn(CCc3cccnc3)nn2)CC=CCC1. The molecule has 0 spiro atoms. The number of hydrogen-bond donors (Lipinski definition) is 1. The number of carboxylic acids is 1. The smallest absolute Gasteiger partial charge is 0.310 e. The lowest BCUT2D eigenvalue weighted by molar-refractivity contribution is -0.149. The van der Waals surface area contributed by atoms with Crippen molar-refractivity contribution < 1.29 is 9.90 Å². The molecule has 1 N–H and O–H groups in total. The molecule has 1 aliphatic carbocycles. The molecule has 0 bridgehead atoms. The fraction of sp³-hybridized carbons (Fsp3) is 0.412. The van der Waals surface area contributed by atoms with Crippen molar-refractivity contribution >= 4 is 5.97 Å². The van der Waals surface area contributed by atoms with E-state index >= 15 is 0 Å². The van der Waals surface area contributed by atoms with Crippen molar-refractivity contribution in [3.63, 3.8) is 0 Å². The highest BCUT2D eigenvalue weighted by atomic mass is 16.4. The van der Waals surface area contributed by atoms with Gasteiger partial charge in [-0.15, -0.1) is 5.10 Å². The molecule has 6 heteroatoms. The van der Waals surface area contributed by atoms with Crippen LogP contribution in [-0.4, -0.2) is 31.1 Å². The lowest BCUT2D eigenvalue weighted by Gasteiger charge is -2.29. The van der Waals surface area contributed by atoms with E-state index in [0.717, 1.165) is 24.1 Å². The van der Waals surface area contributed by atoms with Crippen molar-refractivity contribution in [2.24, 2.45) is 5.41 Å². The molecule has 2 aromatic heterocycles. The number of carbonyl (C=O) groups is 1. The van der Waals surface area contributed by atoms with Gasteiger partial charge in [0.2, 0.25) is 0 Å². The van der Waals surface area contributed by atoms with Gasteiger partial charge >= 0.3 is 5.97 Å².